The summed E-state index contributed by atoms with van der Waals surface area (Å²) in [5, 5.41) is 0. The molecule has 0 nitrogen and oxygen atoms in total. The summed E-state index contributed by atoms with van der Waals surface area (Å²) in [5.74, 6) is 0.589. The average Bonchev–Trinajstić information content (AvgIpc) is 2.56. The van der Waals surface area contributed by atoms with Crippen LogP contribution in [0.4, 0.5) is 0 Å². The van der Waals surface area contributed by atoms with Gasteiger partial charge in [0.15, 0.2) is 0 Å². The Morgan fingerprint density at radius 2 is 1.30 bits per heavy atom. The second-order valence-corrected chi connectivity index (χ2v) is 6.22. The minimum atomic E-state index is 0.334. The maximum absolute atomic E-state index is 2.42. The second kappa shape index (κ2) is 5.83. The molecule has 104 valence electrons. The van der Waals surface area contributed by atoms with Gasteiger partial charge in [-0.3, -0.25) is 0 Å². The van der Waals surface area contributed by atoms with Crippen molar-refractivity contribution >= 4 is 0 Å². The lowest BCUT2D eigenvalue weighted by Gasteiger charge is -2.43. The molecule has 1 atom stereocenters. The third-order valence-electron chi connectivity index (χ3n) is 5.22. The molecule has 0 aliphatic heterocycles. The van der Waals surface area contributed by atoms with Gasteiger partial charge in [-0.2, -0.15) is 0 Å². The van der Waals surface area contributed by atoms with Gasteiger partial charge in [-0.15, -0.1) is 0 Å². The van der Waals surface area contributed by atoms with Crippen molar-refractivity contribution in [2.45, 2.75) is 50.4 Å². The Morgan fingerprint density at radius 3 is 1.90 bits per heavy atom. The van der Waals surface area contributed by atoms with E-state index in [2.05, 4.69) is 67.6 Å². The van der Waals surface area contributed by atoms with Gasteiger partial charge in [-0.05, 0) is 29.9 Å². The third kappa shape index (κ3) is 2.40. The van der Waals surface area contributed by atoms with Gasteiger partial charge in [-0.1, -0.05) is 86.8 Å². The molecule has 0 bridgehead atoms. The van der Waals surface area contributed by atoms with Gasteiger partial charge in [0.2, 0.25) is 0 Å². The van der Waals surface area contributed by atoms with Gasteiger partial charge in [0, 0.05) is 5.41 Å². The molecule has 0 amide bonds. The van der Waals surface area contributed by atoms with Crippen molar-refractivity contribution in [2.75, 3.05) is 0 Å². The SMILES string of the molecule is CC(c1ccccc1)C1(c2ccccc2)CCCCC1. The highest BCUT2D eigenvalue weighted by atomic mass is 14.4. The van der Waals surface area contributed by atoms with Gasteiger partial charge in [0.25, 0.3) is 0 Å². The van der Waals surface area contributed by atoms with Crippen molar-refractivity contribution in [3.05, 3.63) is 71.8 Å². The molecule has 2 aromatic rings. The molecule has 20 heavy (non-hydrogen) atoms. The highest BCUT2D eigenvalue weighted by Crippen LogP contribution is 2.49. The summed E-state index contributed by atoms with van der Waals surface area (Å²) in [7, 11) is 0. The van der Waals surface area contributed by atoms with E-state index >= 15 is 0 Å². The molecule has 1 aliphatic rings. The molecule has 3 rings (SSSR count). The Balaban J connectivity index is 2.02. The fourth-order valence-electron chi connectivity index (χ4n) is 3.99. The number of hydrogen-bond acceptors (Lipinski definition) is 0. The average molecular weight is 264 g/mol. The number of benzene rings is 2. The fourth-order valence-corrected chi connectivity index (χ4v) is 3.99. The maximum Gasteiger partial charge on any atom is 0.00190 e. The van der Waals surface area contributed by atoms with Crippen molar-refractivity contribution in [2.24, 2.45) is 0 Å². The highest BCUT2D eigenvalue weighted by molar-refractivity contribution is 5.34. The van der Waals surface area contributed by atoms with Gasteiger partial charge < -0.3 is 0 Å². The Hall–Kier alpha value is -1.56. The summed E-state index contributed by atoms with van der Waals surface area (Å²) in [5.41, 5.74) is 3.36. The van der Waals surface area contributed by atoms with Crippen LogP contribution in [0.25, 0.3) is 0 Å². The molecule has 1 aliphatic carbocycles. The van der Waals surface area contributed by atoms with Crippen molar-refractivity contribution in [1.82, 2.24) is 0 Å². The van der Waals surface area contributed by atoms with E-state index in [1.807, 2.05) is 0 Å². The third-order valence-corrected chi connectivity index (χ3v) is 5.22. The molecule has 0 radical (unpaired) electrons. The summed E-state index contributed by atoms with van der Waals surface area (Å²) in [6.45, 7) is 2.42. The maximum atomic E-state index is 2.42. The van der Waals surface area contributed by atoms with Gasteiger partial charge in [-0.25, -0.2) is 0 Å². The standard InChI is InChI=1S/C20H24/c1-17(18-11-5-2-6-12-18)20(15-9-4-10-16-20)19-13-7-3-8-14-19/h2-3,5-8,11-14,17H,4,9-10,15-16H2,1H3. The minimum absolute atomic E-state index is 0.334. The van der Waals surface area contributed by atoms with Gasteiger partial charge >= 0.3 is 0 Å². The van der Waals surface area contributed by atoms with E-state index in [-0.39, 0.29) is 0 Å². The lowest BCUT2D eigenvalue weighted by molar-refractivity contribution is 0.251. The lowest BCUT2D eigenvalue weighted by Crippen LogP contribution is -2.34. The number of hydrogen-bond donors (Lipinski definition) is 0. The molecule has 1 saturated carbocycles. The molecule has 1 unspecified atom stereocenters. The van der Waals surface area contributed by atoms with Crippen LogP contribution in [0, 0.1) is 0 Å². The van der Waals surface area contributed by atoms with Gasteiger partial charge in [0.05, 0.1) is 0 Å². The molecule has 0 N–H and O–H groups in total. The first-order valence-electron chi connectivity index (χ1n) is 7.93. The molecule has 2 aromatic carbocycles. The number of rotatable bonds is 3. The summed E-state index contributed by atoms with van der Waals surface area (Å²) in [6.07, 6.45) is 6.79. The summed E-state index contributed by atoms with van der Waals surface area (Å²) in [6, 6.07) is 22.3. The van der Waals surface area contributed by atoms with E-state index in [1.54, 1.807) is 0 Å². The van der Waals surface area contributed by atoms with E-state index in [1.165, 1.54) is 43.2 Å². The molecule has 0 aromatic heterocycles. The van der Waals surface area contributed by atoms with E-state index in [0.29, 0.717) is 11.3 Å². The van der Waals surface area contributed by atoms with E-state index in [4.69, 9.17) is 0 Å². The first-order valence-corrected chi connectivity index (χ1v) is 7.93. The van der Waals surface area contributed by atoms with Crippen LogP contribution in [0.3, 0.4) is 0 Å². The second-order valence-electron chi connectivity index (χ2n) is 6.22. The normalized spacial score (nSPS) is 19.4. The largest absolute Gasteiger partial charge is 0.0622 e. The van der Waals surface area contributed by atoms with Crippen LogP contribution in [0.2, 0.25) is 0 Å². The molecule has 1 fully saturated rings. The van der Waals surface area contributed by atoms with Crippen LogP contribution in [0.1, 0.15) is 56.1 Å². The zero-order valence-corrected chi connectivity index (χ0v) is 12.4. The summed E-state index contributed by atoms with van der Waals surface area (Å²) >= 11 is 0. The van der Waals surface area contributed by atoms with Gasteiger partial charge in [0.1, 0.15) is 0 Å². The molecule has 0 spiro atoms. The van der Waals surface area contributed by atoms with E-state index in [9.17, 15) is 0 Å². The molecular formula is C20H24. The van der Waals surface area contributed by atoms with Crippen molar-refractivity contribution in [3.63, 3.8) is 0 Å². The van der Waals surface area contributed by atoms with Crippen molar-refractivity contribution < 1.29 is 0 Å². The molecule has 0 heterocycles. The van der Waals surface area contributed by atoms with Crippen LogP contribution in [-0.4, -0.2) is 0 Å². The Labute approximate surface area is 122 Å². The van der Waals surface area contributed by atoms with Crippen LogP contribution < -0.4 is 0 Å². The predicted octanol–water partition coefficient (Wildman–Crippen LogP) is 5.69. The first-order chi connectivity index (χ1) is 9.83. The zero-order valence-electron chi connectivity index (χ0n) is 12.4. The van der Waals surface area contributed by atoms with Crippen molar-refractivity contribution in [1.29, 1.82) is 0 Å². The van der Waals surface area contributed by atoms with Crippen LogP contribution in [0.5, 0.6) is 0 Å². The van der Waals surface area contributed by atoms with Crippen LogP contribution in [-0.2, 0) is 5.41 Å². The molecular weight excluding hydrogens is 240 g/mol. The zero-order chi connectivity index (χ0) is 13.8. The summed E-state index contributed by atoms with van der Waals surface area (Å²) < 4.78 is 0. The monoisotopic (exact) mass is 264 g/mol. The minimum Gasteiger partial charge on any atom is -0.0622 e. The van der Waals surface area contributed by atoms with E-state index in [0.717, 1.165) is 0 Å². The van der Waals surface area contributed by atoms with E-state index < -0.39 is 0 Å². The smallest absolute Gasteiger partial charge is 0.00190 e. The van der Waals surface area contributed by atoms with Crippen LogP contribution in [0.15, 0.2) is 60.7 Å². The van der Waals surface area contributed by atoms with Crippen LogP contribution >= 0.6 is 0 Å². The quantitative estimate of drug-likeness (QED) is 0.668. The molecule has 0 heteroatoms. The topological polar surface area (TPSA) is 0 Å². The first kappa shape index (κ1) is 13.4. The fraction of sp³-hybridized carbons (Fsp3) is 0.400. The predicted molar refractivity (Wildman–Crippen MR) is 86.1 cm³/mol. The Bertz CT molecular complexity index is 520. The highest BCUT2D eigenvalue weighted by Gasteiger charge is 2.39. The van der Waals surface area contributed by atoms with Crippen molar-refractivity contribution in [3.8, 4) is 0 Å². The Kier molecular flexibility index (Phi) is 3.91. The summed E-state index contributed by atoms with van der Waals surface area (Å²) in [4.78, 5) is 0. The molecule has 0 saturated heterocycles. The Morgan fingerprint density at radius 1 is 0.750 bits per heavy atom. The lowest BCUT2D eigenvalue weighted by atomic mass is 9.61.